The molecule has 0 atom stereocenters. The van der Waals surface area contributed by atoms with Crippen molar-refractivity contribution < 1.29 is 0 Å². The van der Waals surface area contributed by atoms with E-state index < -0.39 is 0 Å². The number of aromatic nitrogens is 5. The Labute approximate surface area is 156 Å². The fraction of sp³-hybridized carbons (Fsp3) is 0.0909. The first-order chi connectivity index (χ1) is 13.2. The summed E-state index contributed by atoms with van der Waals surface area (Å²) < 4.78 is 2.05. The molecule has 0 saturated carbocycles. The molecular weight excluding hydrogens is 334 g/mol. The number of fused-ring (bicyclic) bond motifs is 2. The van der Waals surface area contributed by atoms with Crippen molar-refractivity contribution in [1.82, 2.24) is 24.5 Å². The highest BCUT2D eigenvalue weighted by Gasteiger charge is 2.14. The van der Waals surface area contributed by atoms with E-state index in [1.54, 1.807) is 12.4 Å². The van der Waals surface area contributed by atoms with Crippen LogP contribution in [0.25, 0.3) is 39.1 Å². The number of pyridine rings is 1. The van der Waals surface area contributed by atoms with Crippen LogP contribution < -0.4 is 0 Å². The van der Waals surface area contributed by atoms with Gasteiger partial charge in [-0.1, -0.05) is 12.1 Å². The number of imidazole rings is 1. The maximum atomic E-state index is 4.89. The maximum absolute atomic E-state index is 4.89. The quantitative estimate of drug-likeness (QED) is 0.465. The number of para-hydroxylation sites is 1. The summed E-state index contributed by atoms with van der Waals surface area (Å²) >= 11 is 0. The van der Waals surface area contributed by atoms with E-state index in [1.165, 1.54) is 11.1 Å². The first kappa shape index (κ1) is 15.6. The molecule has 5 rings (SSSR count). The Kier molecular flexibility index (Phi) is 3.47. The third-order valence-electron chi connectivity index (χ3n) is 4.89. The number of benzene rings is 2. The number of hydrogen-bond donors (Lipinski definition) is 0. The average Bonchev–Trinajstić information content (AvgIpc) is 3.10. The highest BCUT2D eigenvalue weighted by Crippen LogP contribution is 2.27. The monoisotopic (exact) mass is 351 g/mol. The summed E-state index contributed by atoms with van der Waals surface area (Å²) in [5, 5.41) is 0.989. The van der Waals surface area contributed by atoms with Gasteiger partial charge in [-0.25, -0.2) is 15.0 Å². The van der Waals surface area contributed by atoms with Crippen molar-refractivity contribution in [3.05, 3.63) is 78.4 Å². The molecule has 27 heavy (non-hydrogen) atoms. The minimum atomic E-state index is 0.655. The van der Waals surface area contributed by atoms with E-state index in [2.05, 4.69) is 35.9 Å². The van der Waals surface area contributed by atoms with Crippen molar-refractivity contribution in [2.75, 3.05) is 0 Å². The van der Waals surface area contributed by atoms with Gasteiger partial charge in [0.05, 0.1) is 16.6 Å². The Morgan fingerprint density at radius 1 is 0.852 bits per heavy atom. The molecule has 2 aromatic carbocycles. The van der Waals surface area contributed by atoms with E-state index in [-0.39, 0.29) is 0 Å². The number of aryl methyl sites for hydroxylation is 2. The minimum Gasteiger partial charge on any atom is -0.282 e. The molecule has 5 nitrogen and oxygen atoms in total. The maximum Gasteiger partial charge on any atom is 0.163 e. The molecule has 0 radical (unpaired) electrons. The second-order valence-electron chi connectivity index (χ2n) is 6.67. The lowest BCUT2D eigenvalue weighted by Gasteiger charge is -2.11. The first-order valence-electron chi connectivity index (χ1n) is 8.82. The van der Waals surface area contributed by atoms with Crippen LogP contribution in [0.4, 0.5) is 0 Å². The molecule has 0 bridgehead atoms. The lowest BCUT2D eigenvalue weighted by Crippen LogP contribution is -2.02. The van der Waals surface area contributed by atoms with Crippen molar-refractivity contribution in [2.24, 2.45) is 0 Å². The molecule has 0 fully saturated rings. The molecule has 0 N–H and O–H groups in total. The Bertz CT molecular complexity index is 1290. The standard InChI is InChI=1S/C22H17N5/c1-14-10-19-20(11-15(14)2)27(13-24-19)22-17-7-3-4-8-18(17)25-21(26-22)16-6-5-9-23-12-16/h3-13H,1-2H3. The van der Waals surface area contributed by atoms with Gasteiger partial charge in [-0.15, -0.1) is 0 Å². The first-order valence-corrected chi connectivity index (χ1v) is 8.82. The third-order valence-corrected chi connectivity index (χ3v) is 4.89. The normalized spacial score (nSPS) is 11.3. The predicted molar refractivity (Wildman–Crippen MR) is 107 cm³/mol. The second-order valence-corrected chi connectivity index (χ2v) is 6.67. The van der Waals surface area contributed by atoms with Crippen molar-refractivity contribution in [2.45, 2.75) is 13.8 Å². The highest BCUT2D eigenvalue weighted by molar-refractivity contribution is 5.89. The van der Waals surface area contributed by atoms with Crippen molar-refractivity contribution in [1.29, 1.82) is 0 Å². The van der Waals surface area contributed by atoms with Gasteiger partial charge < -0.3 is 0 Å². The van der Waals surface area contributed by atoms with Crippen molar-refractivity contribution in [3.8, 4) is 17.2 Å². The molecule has 0 saturated heterocycles. The molecule has 3 heterocycles. The fourth-order valence-corrected chi connectivity index (χ4v) is 3.30. The number of rotatable bonds is 2. The zero-order valence-electron chi connectivity index (χ0n) is 15.1. The van der Waals surface area contributed by atoms with Gasteiger partial charge in [0, 0.05) is 23.3 Å². The summed E-state index contributed by atoms with van der Waals surface area (Å²) in [5.74, 6) is 1.48. The third kappa shape index (κ3) is 2.56. The summed E-state index contributed by atoms with van der Waals surface area (Å²) in [6, 6.07) is 16.2. The molecule has 0 aliphatic carbocycles. The molecule has 0 aliphatic heterocycles. The van der Waals surface area contributed by atoms with Crippen LogP contribution in [0.5, 0.6) is 0 Å². The van der Waals surface area contributed by atoms with E-state index in [4.69, 9.17) is 9.97 Å². The van der Waals surface area contributed by atoms with E-state index in [1.807, 2.05) is 47.3 Å². The van der Waals surface area contributed by atoms with Gasteiger partial charge in [-0.2, -0.15) is 0 Å². The van der Waals surface area contributed by atoms with Crippen molar-refractivity contribution in [3.63, 3.8) is 0 Å². The molecule has 3 aromatic heterocycles. The van der Waals surface area contributed by atoms with Crippen LogP contribution in [0.1, 0.15) is 11.1 Å². The Morgan fingerprint density at radius 3 is 2.56 bits per heavy atom. The molecular formula is C22H17N5. The van der Waals surface area contributed by atoms with Crippen LogP contribution in [-0.2, 0) is 0 Å². The van der Waals surface area contributed by atoms with Gasteiger partial charge in [0.15, 0.2) is 5.82 Å². The van der Waals surface area contributed by atoms with E-state index >= 15 is 0 Å². The summed E-state index contributed by atoms with van der Waals surface area (Å²) in [6.07, 6.45) is 5.37. The smallest absolute Gasteiger partial charge is 0.163 e. The number of nitrogens with zero attached hydrogens (tertiary/aromatic N) is 5. The average molecular weight is 351 g/mol. The van der Waals surface area contributed by atoms with Crippen LogP contribution in [-0.4, -0.2) is 24.5 Å². The van der Waals surface area contributed by atoms with Gasteiger partial charge in [-0.3, -0.25) is 9.55 Å². The SMILES string of the molecule is Cc1cc2ncn(-c3nc(-c4cccnc4)nc4ccccc34)c2cc1C. The molecule has 0 aliphatic rings. The van der Waals surface area contributed by atoms with Crippen LogP contribution in [0.2, 0.25) is 0 Å². The summed E-state index contributed by atoms with van der Waals surface area (Å²) in [5.41, 5.74) is 6.25. The summed E-state index contributed by atoms with van der Waals surface area (Å²) in [6.45, 7) is 4.22. The van der Waals surface area contributed by atoms with Crippen LogP contribution >= 0.6 is 0 Å². The van der Waals surface area contributed by atoms with Gasteiger partial charge in [0.25, 0.3) is 0 Å². The largest absolute Gasteiger partial charge is 0.282 e. The van der Waals surface area contributed by atoms with Gasteiger partial charge >= 0.3 is 0 Å². The summed E-state index contributed by atoms with van der Waals surface area (Å²) in [4.78, 5) is 18.4. The van der Waals surface area contributed by atoms with Crippen molar-refractivity contribution >= 4 is 21.9 Å². The lowest BCUT2D eigenvalue weighted by molar-refractivity contribution is 1.02. The van der Waals surface area contributed by atoms with E-state index in [9.17, 15) is 0 Å². The molecule has 5 heteroatoms. The topological polar surface area (TPSA) is 56.5 Å². The fourth-order valence-electron chi connectivity index (χ4n) is 3.30. The lowest BCUT2D eigenvalue weighted by atomic mass is 10.1. The van der Waals surface area contributed by atoms with Crippen LogP contribution in [0.15, 0.2) is 67.3 Å². The van der Waals surface area contributed by atoms with E-state index in [0.717, 1.165) is 33.3 Å². The van der Waals surface area contributed by atoms with Gasteiger partial charge in [0.2, 0.25) is 0 Å². The minimum absolute atomic E-state index is 0.655. The zero-order chi connectivity index (χ0) is 18.4. The molecule has 0 unspecified atom stereocenters. The van der Waals surface area contributed by atoms with Gasteiger partial charge in [0.1, 0.15) is 12.1 Å². The predicted octanol–water partition coefficient (Wildman–Crippen LogP) is 4.65. The van der Waals surface area contributed by atoms with Gasteiger partial charge in [-0.05, 0) is 61.4 Å². The van der Waals surface area contributed by atoms with E-state index in [0.29, 0.717) is 5.82 Å². The zero-order valence-corrected chi connectivity index (χ0v) is 15.1. The Hall–Kier alpha value is -3.60. The molecule has 5 aromatic rings. The molecule has 0 spiro atoms. The Balaban J connectivity index is 1.84. The summed E-state index contributed by atoms with van der Waals surface area (Å²) in [7, 11) is 0. The molecule has 130 valence electrons. The number of hydrogen-bond acceptors (Lipinski definition) is 4. The molecule has 0 amide bonds. The van der Waals surface area contributed by atoms with Crippen LogP contribution in [0, 0.1) is 13.8 Å². The second kappa shape index (κ2) is 5.99. The van der Waals surface area contributed by atoms with Crippen LogP contribution in [0.3, 0.4) is 0 Å². The Morgan fingerprint density at radius 2 is 1.70 bits per heavy atom. The highest BCUT2D eigenvalue weighted by atomic mass is 15.1.